The summed E-state index contributed by atoms with van der Waals surface area (Å²) in [6.45, 7) is 0. The van der Waals surface area contributed by atoms with Crippen molar-refractivity contribution in [3.8, 4) is 0 Å². The molecule has 1 unspecified atom stereocenters. The minimum Gasteiger partial charge on any atom is -0.465 e. The van der Waals surface area contributed by atoms with Gasteiger partial charge in [0.15, 0.2) is 0 Å². The Balaban J connectivity index is 2.35. The van der Waals surface area contributed by atoms with E-state index in [0.29, 0.717) is 16.3 Å². The third-order valence-electron chi connectivity index (χ3n) is 2.50. The molecule has 0 fully saturated rings. The highest BCUT2D eigenvalue weighted by Crippen LogP contribution is 2.29. The van der Waals surface area contributed by atoms with Gasteiger partial charge in [0.1, 0.15) is 6.04 Å². The molecule has 7 heteroatoms. The molecule has 0 saturated heterocycles. The van der Waals surface area contributed by atoms with Gasteiger partial charge in [0.25, 0.3) is 5.91 Å². The van der Waals surface area contributed by atoms with Gasteiger partial charge in [0, 0.05) is 10.9 Å². The Morgan fingerprint density at radius 2 is 2.24 bits per heavy atom. The highest BCUT2D eigenvalue weighted by Gasteiger charge is 2.33. The van der Waals surface area contributed by atoms with E-state index in [9.17, 15) is 14.8 Å². The Kier molecular flexibility index (Phi) is 3.03. The summed E-state index contributed by atoms with van der Waals surface area (Å²) in [5.41, 5.74) is 1.07. The zero-order valence-electron chi connectivity index (χ0n) is 8.55. The minimum absolute atomic E-state index is 0.227. The molecule has 3 N–H and O–H groups in total. The van der Waals surface area contributed by atoms with E-state index in [0.717, 1.165) is 4.47 Å². The lowest BCUT2D eigenvalue weighted by atomic mass is 9.99. The van der Waals surface area contributed by atoms with Crippen molar-refractivity contribution in [2.75, 3.05) is 5.06 Å². The van der Waals surface area contributed by atoms with Crippen molar-refractivity contribution >= 4 is 33.6 Å². The molecule has 1 aromatic rings. The molecule has 2 rings (SSSR count). The first kappa shape index (κ1) is 11.9. The topological polar surface area (TPSA) is 89.9 Å². The smallest absolute Gasteiger partial charge is 0.405 e. The molecule has 0 saturated carbocycles. The lowest BCUT2D eigenvalue weighted by Crippen LogP contribution is -2.51. The summed E-state index contributed by atoms with van der Waals surface area (Å²) in [6.07, 6.45) is -1.07. The predicted molar refractivity (Wildman–Crippen MR) is 62.1 cm³/mol. The molecule has 0 aromatic heterocycles. The SMILES string of the molecule is O=C(O)NC1Cc2ccc(Br)cc2N(O)C1=O. The molecule has 90 valence electrons. The van der Waals surface area contributed by atoms with E-state index >= 15 is 0 Å². The van der Waals surface area contributed by atoms with Crippen LogP contribution in [0.15, 0.2) is 22.7 Å². The van der Waals surface area contributed by atoms with E-state index in [1.54, 1.807) is 18.2 Å². The van der Waals surface area contributed by atoms with Crippen LogP contribution in [0.5, 0.6) is 0 Å². The maximum Gasteiger partial charge on any atom is 0.405 e. The number of carboxylic acid groups (broad SMARTS) is 1. The van der Waals surface area contributed by atoms with Crippen molar-refractivity contribution < 1.29 is 19.9 Å². The number of rotatable bonds is 1. The highest BCUT2D eigenvalue weighted by molar-refractivity contribution is 9.10. The van der Waals surface area contributed by atoms with Gasteiger partial charge in [-0.2, -0.15) is 5.06 Å². The molecule has 2 amide bonds. The zero-order chi connectivity index (χ0) is 12.6. The van der Waals surface area contributed by atoms with E-state index in [2.05, 4.69) is 21.2 Å². The number of hydrogen-bond acceptors (Lipinski definition) is 3. The molecule has 1 aromatic carbocycles. The maximum absolute atomic E-state index is 11.7. The number of carbonyl (C=O) groups is 2. The van der Waals surface area contributed by atoms with Crippen LogP contribution in [0.4, 0.5) is 10.5 Å². The van der Waals surface area contributed by atoms with Crippen LogP contribution in [0.1, 0.15) is 5.56 Å². The summed E-state index contributed by atoms with van der Waals surface area (Å²) in [4.78, 5) is 22.2. The van der Waals surface area contributed by atoms with Crippen LogP contribution < -0.4 is 10.4 Å². The summed E-state index contributed by atoms with van der Waals surface area (Å²) in [5, 5.41) is 20.8. The van der Waals surface area contributed by atoms with Crippen LogP contribution in [-0.4, -0.2) is 28.4 Å². The summed E-state index contributed by atoms with van der Waals surface area (Å²) in [6, 6.07) is 4.14. The molecule has 1 aliphatic heterocycles. The van der Waals surface area contributed by atoms with Crippen molar-refractivity contribution in [3.05, 3.63) is 28.2 Å². The largest absolute Gasteiger partial charge is 0.465 e. The lowest BCUT2D eigenvalue weighted by Gasteiger charge is -2.29. The molecule has 1 aliphatic rings. The molecule has 6 nitrogen and oxygen atoms in total. The van der Waals surface area contributed by atoms with Gasteiger partial charge < -0.3 is 10.4 Å². The summed E-state index contributed by atoms with van der Waals surface area (Å²) in [5.74, 6) is -0.682. The number of carbonyl (C=O) groups excluding carboxylic acids is 1. The monoisotopic (exact) mass is 300 g/mol. The van der Waals surface area contributed by atoms with Gasteiger partial charge in [0.2, 0.25) is 0 Å². The average molecular weight is 301 g/mol. The highest BCUT2D eigenvalue weighted by atomic mass is 79.9. The molecular formula is C10H9BrN2O4. The molecule has 0 radical (unpaired) electrons. The average Bonchev–Trinajstić information content (AvgIpc) is 2.26. The van der Waals surface area contributed by atoms with Gasteiger partial charge in [0.05, 0.1) is 5.69 Å². The maximum atomic E-state index is 11.7. The van der Waals surface area contributed by atoms with Crippen LogP contribution in [0, 0.1) is 0 Å². The van der Waals surface area contributed by atoms with Crippen molar-refractivity contribution in [2.24, 2.45) is 0 Å². The van der Waals surface area contributed by atoms with Crippen LogP contribution in [0.25, 0.3) is 0 Å². The second-order valence-electron chi connectivity index (χ2n) is 3.63. The summed E-state index contributed by atoms with van der Waals surface area (Å²) in [7, 11) is 0. The summed E-state index contributed by atoms with van der Waals surface area (Å²) < 4.78 is 0.729. The van der Waals surface area contributed by atoms with Gasteiger partial charge in [-0.3, -0.25) is 10.0 Å². The molecule has 0 spiro atoms. The van der Waals surface area contributed by atoms with Crippen molar-refractivity contribution in [1.82, 2.24) is 5.32 Å². The Labute approximate surface area is 105 Å². The van der Waals surface area contributed by atoms with Gasteiger partial charge in [-0.05, 0) is 17.7 Å². The lowest BCUT2D eigenvalue weighted by molar-refractivity contribution is -0.126. The molecule has 0 aliphatic carbocycles. The molecule has 1 atom stereocenters. The fourth-order valence-electron chi connectivity index (χ4n) is 1.74. The van der Waals surface area contributed by atoms with Gasteiger partial charge in [-0.1, -0.05) is 22.0 Å². The Hall–Kier alpha value is -1.60. The van der Waals surface area contributed by atoms with E-state index in [-0.39, 0.29) is 6.42 Å². The zero-order valence-corrected chi connectivity index (χ0v) is 10.1. The van der Waals surface area contributed by atoms with Gasteiger partial charge in [-0.15, -0.1) is 0 Å². The normalized spacial score (nSPS) is 18.8. The number of anilines is 1. The number of hydroxylamine groups is 1. The molecule has 0 bridgehead atoms. The standard InChI is InChI=1S/C10H9BrN2O4/c11-6-2-1-5-3-7(12-10(15)16)9(14)13(17)8(5)4-6/h1-2,4,7,12,17H,3H2,(H,15,16). The van der Waals surface area contributed by atoms with Crippen LogP contribution in [0.3, 0.4) is 0 Å². The predicted octanol–water partition coefficient (Wildman–Crippen LogP) is 1.36. The molecular weight excluding hydrogens is 292 g/mol. The summed E-state index contributed by atoms with van der Waals surface area (Å²) >= 11 is 3.23. The second kappa shape index (κ2) is 4.34. The Bertz CT molecular complexity index is 491. The first-order valence-electron chi connectivity index (χ1n) is 4.80. The van der Waals surface area contributed by atoms with E-state index < -0.39 is 18.0 Å². The third kappa shape index (κ3) is 2.25. The third-order valence-corrected chi connectivity index (χ3v) is 3.00. The Morgan fingerprint density at radius 1 is 1.53 bits per heavy atom. The fourth-order valence-corrected chi connectivity index (χ4v) is 2.09. The number of benzene rings is 1. The number of fused-ring (bicyclic) bond motifs is 1. The van der Waals surface area contributed by atoms with Crippen molar-refractivity contribution in [3.63, 3.8) is 0 Å². The number of nitrogens with zero attached hydrogens (tertiary/aromatic N) is 1. The molecule has 17 heavy (non-hydrogen) atoms. The van der Waals surface area contributed by atoms with Gasteiger partial charge in [-0.25, -0.2) is 4.79 Å². The quantitative estimate of drug-likeness (QED) is 0.683. The van der Waals surface area contributed by atoms with Crippen LogP contribution in [0.2, 0.25) is 0 Å². The number of nitrogens with one attached hydrogen (secondary N) is 1. The number of amides is 2. The second-order valence-corrected chi connectivity index (χ2v) is 4.54. The number of hydrogen-bond donors (Lipinski definition) is 3. The van der Waals surface area contributed by atoms with Gasteiger partial charge >= 0.3 is 6.09 Å². The van der Waals surface area contributed by atoms with Crippen LogP contribution >= 0.6 is 15.9 Å². The van der Waals surface area contributed by atoms with Crippen LogP contribution in [-0.2, 0) is 11.2 Å². The first-order chi connectivity index (χ1) is 7.99. The van der Waals surface area contributed by atoms with E-state index in [4.69, 9.17) is 5.11 Å². The number of halogens is 1. The van der Waals surface area contributed by atoms with E-state index in [1.165, 1.54) is 0 Å². The molecule has 1 heterocycles. The Morgan fingerprint density at radius 3 is 2.88 bits per heavy atom. The van der Waals surface area contributed by atoms with E-state index in [1.807, 2.05) is 0 Å². The fraction of sp³-hybridized carbons (Fsp3) is 0.200. The first-order valence-corrected chi connectivity index (χ1v) is 5.59. The minimum atomic E-state index is -1.29. The van der Waals surface area contributed by atoms with Crippen molar-refractivity contribution in [2.45, 2.75) is 12.5 Å². The van der Waals surface area contributed by atoms with Crippen molar-refractivity contribution in [1.29, 1.82) is 0 Å².